The van der Waals surface area contributed by atoms with Gasteiger partial charge >= 0.3 is 5.97 Å². The molecule has 1 aromatic heterocycles. The fourth-order valence-electron chi connectivity index (χ4n) is 3.32. The summed E-state index contributed by atoms with van der Waals surface area (Å²) in [5, 5.41) is 7.71. The summed E-state index contributed by atoms with van der Waals surface area (Å²) in [5.74, 6) is 1.44. The molecule has 1 saturated heterocycles. The summed E-state index contributed by atoms with van der Waals surface area (Å²) < 4.78 is 6.53. The molecule has 1 N–H and O–H groups in total. The van der Waals surface area contributed by atoms with Crippen LogP contribution in [0.15, 0.2) is 17.4 Å². The number of likely N-dealkylation sites (tertiary alicyclic amines) is 1. The third kappa shape index (κ3) is 8.06. The Kier molecular flexibility index (Phi) is 11.4. The number of carbonyl (C=O) groups excluding carboxylic acids is 1. The average molecular weight is 491 g/mol. The van der Waals surface area contributed by atoms with Gasteiger partial charge in [0.2, 0.25) is 0 Å². The summed E-state index contributed by atoms with van der Waals surface area (Å²) in [4.78, 5) is 18.2. The summed E-state index contributed by atoms with van der Waals surface area (Å²) in [6, 6.07) is 0. The minimum absolute atomic E-state index is 0. The van der Waals surface area contributed by atoms with Crippen molar-refractivity contribution >= 4 is 35.9 Å². The number of aromatic nitrogens is 2. The van der Waals surface area contributed by atoms with Gasteiger partial charge in [-0.25, -0.2) is 0 Å². The second-order valence-corrected chi connectivity index (χ2v) is 6.85. The topological polar surface area (TPSA) is 71.8 Å². The SMILES string of the molecule is CCNC(=NCCCCCCC(=O)OC)N1CCC(c2cnn(C)c2)C1.I. The van der Waals surface area contributed by atoms with Crippen molar-refractivity contribution in [3.8, 4) is 0 Å². The van der Waals surface area contributed by atoms with Gasteiger partial charge in [0, 0.05) is 51.8 Å². The number of aryl methyl sites for hydroxylation is 1. The molecule has 1 atom stereocenters. The predicted octanol–water partition coefficient (Wildman–Crippen LogP) is 2.92. The largest absolute Gasteiger partial charge is 0.469 e. The molecule has 8 heteroatoms. The highest BCUT2D eigenvalue weighted by Gasteiger charge is 2.26. The van der Waals surface area contributed by atoms with E-state index >= 15 is 0 Å². The lowest BCUT2D eigenvalue weighted by Crippen LogP contribution is -2.40. The van der Waals surface area contributed by atoms with Crippen molar-refractivity contribution in [2.75, 3.05) is 33.3 Å². The highest BCUT2D eigenvalue weighted by Crippen LogP contribution is 2.26. The number of aliphatic imine (C=N–C) groups is 1. The van der Waals surface area contributed by atoms with Crippen LogP contribution >= 0.6 is 24.0 Å². The van der Waals surface area contributed by atoms with Gasteiger partial charge in [-0.2, -0.15) is 5.10 Å². The summed E-state index contributed by atoms with van der Waals surface area (Å²) in [7, 11) is 3.41. The van der Waals surface area contributed by atoms with Crippen LogP contribution in [0.1, 0.15) is 56.9 Å². The summed E-state index contributed by atoms with van der Waals surface area (Å²) >= 11 is 0. The molecular weight excluding hydrogens is 457 g/mol. The minimum atomic E-state index is -0.116. The van der Waals surface area contributed by atoms with E-state index in [0.717, 1.165) is 64.2 Å². The molecule has 0 aliphatic carbocycles. The number of nitrogens with zero attached hydrogens (tertiary/aromatic N) is 4. The van der Waals surface area contributed by atoms with Crippen molar-refractivity contribution in [2.45, 2.75) is 51.4 Å². The molecule has 0 spiro atoms. The fraction of sp³-hybridized carbons (Fsp3) is 0.737. The normalized spacial score (nSPS) is 16.9. The van der Waals surface area contributed by atoms with Crippen LogP contribution in [0.2, 0.25) is 0 Å². The van der Waals surface area contributed by atoms with Crippen LogP contribution in [-0.2, 0) is 16.6 Å². The molecule has 1 aromatic rings. The lowest BCUT2D eigenvalue weighted by Gasteiger charge is -2.21. The first-order valence-corrected chi connectivity index (χ1v) is 9.72. The lowest BCUT2D eigenvalue weighted by molar-refractivity contribution is -0.140. The van der Waals surface area contributed by atoms with Gasteiger partial charge in [0.05, 0.1) is 13.3 Å². The monoisotopic (exact) mass is 491 g/mol. The van der Waals surface area contributed by atoms with Gasteiger partial charge in [-0.1, -0.05) is 12.8 Å². The van der Waals surface area contributed by atoms with Crippen LogP contribution in [0.25, 0.3) is 0 Å². The van der Waals surface area contributed by atoms with Crippen molar-refractivity contribution in [2.24, 2.45) is 12.0 Å². The van der Waals surface area contributed by atoms with Crippen LogP contribution in [-0.4, -0.2) is 59.9 Å². The van der Waals surface area contributed by atoms with E-state index in [1.54, 1.807) is 0 Å². The molecule has 7 nitrogen and oxygen atoms in total. The van der Waals surface area contributed by atoms with E-state index in [4.69, 9.17) is 4.99 Å². The second-order valence-electron chi connectivity index (χ2n) is 6.85. The van der Waals surface area contributed by atoms with Crippen LogP contribution in [0.3, 0.4) is 0 Å². The van der Waals surface area contributed by atoms with E-state index in [9.17, 15) is 4.79 Å². The summed E-state index contributed by atoms with van der Waals surface area (Å²) in [6.45, 7) is 5.85. The van der Waals surface area contributed by atoms with Gasteiger partial charge in [0.25, 0.3) is 0 Å². The fourth-order valence-corrected chi connectivity index (χ4v) is 3.32. The van der Waals surface area contributed by atoms with Crippen LogP contribution in [0, 0.1) is 0 Å². The molecule has 27 heavy (non-hydrogen) atoms. The number of hydrogen-bond donors (Lipinski definition) is 1. The van der Waals surface area contributed by atoms with Gasteiger partial charge < -0.3 is 15.0 Å². The summed E-state index contributed by atoms with van der Waals surface area (Å²) in [6.07, 6.45) is 9.85. The predicted molar refractivity (Wildman–Crippen MR) is 119 cm³/mol. The molecule has 0 saturated carbocycles. The molecule has 1 aliphatic heterocycles. The average Bonchev–Trinajstić information content (AvgIpc) is 3.28. The Morgan fingerprint density at radius 3 is 2.81 bits per heavy atom. The maximum Gasteiger partial charge on any atom is 0.305 e. The zero-order valence-electron chi connectivity index (χ0n) is 16.8. The maximum absolute atomic E-state index is 11.1. The van der Waals surface area contributed by atoms with Gasteiger partial charge in [0.15, 0.2) is 5.96 Å². The second kappa shape index (κ2) is 13.0. The number of guanidine groups is 1. The molecule has 1 fully saturated rings. The van der Waals surface area contributed by atoms with Crippen molar-refractivity contribution in [3.05, 3.63) is 18.0 Å². The van der Waals surface area contributed by atoms with Gasteiger partial charge in [-0.05, 0) is 31.7 Å². The first-order chi connectivity index (χ1) is 12.6. The third-order valence-corrected chi connectivity index (χ3v) is 4.80. The Labute approximate surface area is 179 Å². The van der Waals surface area contributed by atoms with E-state index in [1.807, 2.05) is 17.9 Å². The molecule has 0 radical (unpaired) electrons. The van der Waals surface area contributed by atoms with Crippen LogP contribution in [0.5, 0.6) is 0 Å². The maximum atomic E-state index is 11.1. The number of esters is 1. The minimum Gasteiger partial charge on any atom is -0.469 e. The number of hydrogen-bond acceptors (Lipinski definition) is 4. The number of rotatable bonds is 9. The lowest BCUT2D eigenvalue weighted by atomic mass is 10.0. The summed E-state index contributed by atoms with van der Waals surface area (Å²) in [5.41, 5.74) is 1.32. The van der Waals surface area contributed by atoms with E-state index in [2.05, 4.69) is 33.2 Å². The number of unbranched alkanes of at least 4 members (excludes halogenated alkanes) is 3. The molecule has 0 bridgehead atoms. The molecule has 0 amide bonds. The van der Waals surface area contributed by atoms with Crippen molar-refractivity contribution in [1.29, 1.82) is 0 Å². The molecular formula is C19H34IN5O2. The van der Waals surface area contributed by atoms with Crippen molar-refractivity contribution < 1.29 is 9.53 Å². The molecule has 1 aliphatic rings. The van der Waals surface area contributed by atoms with E-state index < -0.39 is 0 Å². The molecule has 2 rings (SSSR count). The Morgan fingerprint density at radius 1 is 1.37 bits per heavy atom. The quantitative estimate of drug-likeness (QED) is 0.189. The first-order valence-electron chi connectivity index (χ1n) is 9.72. The van der Waals surface area contributed by atoms with Gasteiger partial charge in [0.1, 0.15) is 0 Å². The first kappa shape index (κ1) is 23.7. The molecule has 2 heterocycles. The van der Waals surface area contributed by atoms with Crippen molar-refractivity contribution in [1.82, 2.24) is 20.0 Å². The highest BCUT2D eigenvalue weighted by atomic mass is 127. The zero-order valence-corrected chi connectivity index (χ0v) is 19.1. The molecule has 0 aromatic carbocycles. The number of nitrogens with one attached hydrogen (secondary N) is 1. The molecule has 154 valence electrons. The Hall–Kier alpha value is -1.32. The highest BCUT2D eigenvalue weighted by molar-refractivity contribution is 14.0. The van der Waals surface area contributed by atoms with Gasteiger partial charge in [-0.15, -0.1) is 24.0 Å². The van der Waals surface area contributed by atoms with E-state index in [-0.39, 0.29) is 29.9 Å². The zero-order chi connectivity index (χ0) is 18.8. The van der Waals surface area contributed by atoms with Crippen LogP contribution < -0.4 is 5.32 Å². The number of carbonyl (C=O) groups is 1. The molecule has 1 unspecified atom stereocenters. The standard InChI is InChI=1S/C19H33N5O2.HI/c1-4-20-19(21-11-8-6-5-7-9-18(25)26-3)24-12-10-16(15-24)17-13-22-23(2)14-17;/h13-14,16H,4-12,15H2,1-3H3,(H,20,21);1H. The van der Waals surface area contributed by atoms with E-state index in [0.29, 0.717) is 12.3 Å². The third-order valence-electron chi connectivity index (χ3n) is 4.80. The Morgan fingerprint density at radius 2 is 2.15 bits per heavy atom. The van der Waals surface area contributed by atoms with Gasteiger partial charge in [-0.3, -0.25) is 14.5 Å². The number of ether oxygens (including phenoxy) is 1. The van der Waals surface area contributed by atoms with Crippen LogP contribution in [0.4, 0.5) is 0 Å². The number of halogens is 1. The van der Waals surface area contributed by atoms with E-state index in [1.165, 1.54) is 12.7 Å². The Bertz CT molecular complexity index is 590. The number of methoxy groups -OCH3 is 1. The smallest absolute Gasteiger partial charge is 0.305 e. The van der Waals surface area contributed by atoms with Crippen molar-refractivity contribution in [3.63, 3.8) is 0 Å². The Balaban J connectivity index is 0.00000364.